The lowest BCUT2D eigenvalue weighted by Crippen LogP contribution is -2.39. The van der Waals surface area contributed by atoms with Gasteiger partial charge >= 0.3 is 0 Å². The Kier molecular flexibility index (Phi) is 3.45. The lowest BCUT2D eigenvalue weighted by Gasteiger charge is -2.21. The van der Waals surface area contributed by atoms with Crippen molar-refractivity contribution in [3.8, 4) is 0 Å². The number of nitrogens with zero attached hydrogens (tertiary/aromatic N) is 1. The lowest BCUT2D eigenvalue weighted by molar-refractivity contribution is 0.0975. The molecule has 1 rings (SSSR count). The number of rotatable bonds is 4. The van der Waals surface area contributed by atoms with Crippen LogP contribution in [0.3, 0.4) is 0 Å². The van der Waals surface area contributed by atoms with Gasteiger partial charge in [-0.25, -0.2) is 4.98 Å². The van der Waals surface area contributed by atoms with E-state index < -0.39 is 6.10 Å². The molecule has 13 heavy (non-hydrogen) atoms. The quantitative estimate of drug-likeness (QED) is 0.628. The van der Waals surface area contributed by atoms with E-state index in [0.717, 1.165) is 5.69 Å². The van der Waals surface area contributed by atoms with Crippen molar-refractivity contribution >= 4 is 0 Å². The van der Waals surface area contributed by atoms with Crippen LogP contribution in [0, 0.1) is 5.92 Å². The summed E-state index contributed by atoms with van der Waals surface area (Å²) < 4.78 is 0. The zero-order valence-electron chi connectivity index (χ0n) is 8.07. The summed E-state index contributed by atoms with van der Waals surface area (Å²) in [7, 11) is 0. The van der Waals surface area contributed by atoms with Crippen molar-refractivity contribution in [3.63, 3.8) is 0 Å². The summed E-state index contributed by atoms with van der Waals surface area (Å²) in [5.74, 6) is 0.193. The van der Waals surface area contributed by atoms with Crippen molar-refractivity contribution < 1.29 is 5.11 Å². The predicted molar refractivity (Wildman–Crippen MR) is 51.1 cm³/mol. The molecule has 74 valence electrons. The van der Waals surface area contributed by atoms with Crippen LogP contribution in [0.1, 0.15) is 19.5 Å². The fourth-order valence-electron chi connectivity index (χ4n) is 1.27. The van der Waals surface area contributed by atoms with Crippen molar-refractivity contribution in [1.29, 1.82) is 0 Å². The Morgan fingerprint density at radius 3 is 2.77 bits per heavy atom. The van der Waals surface area contributed by atoms with Crippen molar-refractivity contribution in [2.45, 2.75) is 32.4 Å². The van der Waals surface area contributed by atoms with Gasteiger partial charge in [0.25, 0.3) is 0 Å². The van der Waals surface area contributed by atoms with Gasteiger partial charge in [-0.1, -0.05) is 13.8 Å². The van der Waals surface area contributed by atoms with E-state index in [9.17, 15) is 5.11 Å². The maximum atomic E-state index is 9.63. The van der Waals surface area contributed by atoms with Gasteiger partial charge in [0.2, 0.25) is 0 Å². The first-order valence-corrected chi connectivity index (χ1v) is 4.52. The Morgan fingerprint density at radius 1 is 1.62 bits per heavy atom. The Morgan fingerprint density at radius 2 is 2.31 bits per heavy atom. The average molecular weight is 183 g/mol. The number of nitrogens with two attached hydrogens (primary N) is 1. The minimum absolute atomic E-state index is 0.193. The summed E-state index contributed by atoms with van der Waals surface area (Å²) in [6.07, 6.45) is 3.53. The highest BCUT2D eigenvalue weighted by atomic mass is 16.3. The van der Waals surface area contributed by atoms with Crippen LogP contribution in [0.5, 0.6) is 0 Å². The molecule has 0 aliphatic carbocycles. The van der Waals surface area contributed by atoms with Gasteiger partial charge in [0.1, 0.15) is 0 Å². The van der Waals surface area contributed by atoms with Gasteiger partial charge in [-0.05, 0) is 5.92 Å². The molecule has 0 bridgehead atoms. The van der Waals surface area contributed by atoms with Crippen LogP contribution in [-0.4, -0.2) is 27.2 Å². The van der Waals surface area contributed by atoms with Gasteiger partial charge in [-0.15, -0.1) is 0 Å². The largest absolute Gasteiger partial charge is 0.391 e. The third kappa shape index (κ3) is 2.82. The highest BCUT2D eigenvalue weighted by Gasteiger charge is 2.18. The van der Waals surface area contributed by atoms with Gasteiger partial charge in [-0.2, -0.15) is 0 Å². The van der Waals surface area contributed by atoms with Crippen LogP contribution >= 0.6 is 0 Å². The highest BCUT2D eigenvalue weighted by molar-refractivity contribution is 4.98. The monoisotopic (exact) mass is 183 g/mol. The molecule has 0 saturated carbocycles. The first-order chi connectivity index (χ1) is 6.11. The highest BCUT2D eigenvalue weighted by Crippen LogP contribution is 2.08. The molecule has 4 N–H and O–H groups in total. The molecule has 0 fully saturated rings. The maximum absolute atomic E-state index is 9.63. The van der Waals surface area contributed by atoms with Crippen molar-refractivity contribution in [3.05, 3.63) is 18.2 Å². The van der Waals surface area contributed by atoms with Crippen LogP contribution in [0.2, 0.25) is 0 Å². The number of hydrogen-bond donors (Lipinski definition) is 3. The van der Waals surface area contributed by atoms with Crippen molar-refractivity contribution in [1.82, 2.24) is 9.97 Å². The Bertz CT molecular complexity index is 233. The van der Waals surface area contributed by atoms with Crippen molar-refractivity contribution in [2.24, 2.45) is 11.7 Å². The van der Waals surface area contributed by atoms with Crippen LogP contribution in [0.15, 0.2) is 12.5 Å². The molecule has 0 saturated heterocycles. The standard InChI is InChI=1S/C9H17N3O/c1-6(2)9(13)8(10)3-7-4-11-5-12-7/h4-6,8-9,13H,3,10H2,1-2H3,(H,11,12). The normalized spacial score (nSPS) is 16.1. The molecule has 0 radical (unpaired) electrons. The van der Waals surface area contributed by atoms with Crippen LogP contribution in [0.4, 0.5) is 0 Å². The average Bonchev–Trinajstić information content (AvgIpc) is 2.55. The molecular formula is C9H17N3O. The van der Waals surface area contributed by atoms with Gasteiger partial charge in [0.05, 0.1) is 12.4 Å². The summed E-state index contributed by atoms with van der Waals surface area (Å²) in [5.41, 5.74) is 6.78. The van der Waals surface area contributed by atoms with E-state index in [1.807, 2.05) is 13.8 Å². The number of aromatic nitrogens is 2. The fourth-order valence-corrected chi connectivity index (χ4v) is 1.27. The number of imidazole rings is 1. The summed E-state index contributed by atoms with van der Waals surface area (Å²) in [6.45, 7) is 3.91. The van der Waals surface area contributed by atoms with E-state index in [1.165, 1.54) is 0 Å². The molecule has 1 aromatic heterocycles. The summed E-state index contributed by atoms with van der Waals surface area (Å²) in [5, 5.41) is 9.63. The Labute approximate surface area is 78.2 Å². The molecule has 0 amide bonds. The summed E-state index contributed by atoms with van der Waals surface area (Å²) in [4.78, 5) is 6.85. The molecule has 0 spiro atoms. The molecule has 0 aromatic carbocycles. The molecule has 2 unspecified atom stereocenters. The van der Waals surface area contributed by atoms with Crippen molar-refractivity contribution in [2.75, 3.05) is 0 Å². The molecule has 0 aliphatic heterocycles. The minimum atomic E-state index is -0.455. The van der Waals surface area contributed by atoms with Gasteiger partial charge in [0.15, 0.2) is 0 Å². The zero-order chi connectivity index (χ0) is 9.84. The fraction of sp³-hybridized carbons (Fsp3) is 0.667. The molecule has 4 heteroatoms. The van der Waals surface area contributed by atoms with E-state index in [1.54, 1.807) is 12.5 Å². The van der Waals surface area contributed by atoms with Gasteiger partial charge < -0.3 is 15.8 Å². The Hall–Kier alpha value is -0.870. The van der Waals surface area contributed by atoms with E-state index >= 15 is 0 Å². The second-order valence-corrected chi connectivity index (χ2v) is 3.68. The lowest BCUT2D eigenvalue weighted by atomic mass is 9.97. The van der Waals surface area contributed by atoms with Gasteiger partial charge in [-0.3, -0.25) is 0 Å². The predicted octanol–water partition coefficient (Wildman–Crippen LogP) is 0.296. The van der Waals surface area contributed by atoms with Crippen LogP contribution < -0.4 is 5.73 Å². The number of aliphatic hydroxyl groups excluding tert-OH is 1. The molecule has 1 heterocycles. The number of aliphatic hydroxyl groups is 1. The topological polar surface area (TPSA) is 74.9 Å². The van der Waals surface area contributed by atoms with E-state index in [0.29, 0.717) is 6.42 Å². The zero-order valence-corrected chi connectivity index (χ0v) is 8.07. The summed E-state index contributed by atoms with van der Waals surface area (Å²) >= 11 is 0. The molecule has 1 aromatic rings. The smallest absolute Gasteiger partial charge is 0.0921 e. The summed E-state index contributed by atoms with van der Waals surface area (Å²) in [6, 6.07) is -0.222. The first-order valence-electron chi connectivity index (χ1n) is 4.52. The third-order valence-electron chi connectivity index (χ3n) is 2.13. The molecule has 4 nitrogen and oxygen atoms in total. The number of nitrogens with one attached hydrogen (secondary N) is 1. The van der Waals surface area contributed by atoms with Crippen LogP contribution in [0.25, 0.3) is 0 Å². The van der Waals surface area contributed by atoms with Gasteiger partial charge in [0, 0.05) is 24.4 Å². The second-order valence-electron chi connectivity index (χ2n) is 3.68. The van der Waals surface area contributed by atoms with E-state index in [-0.39, 0.29) is 12.0 Å². The molecular weight excluding hydrogens is 166 g/mol. The second kappa shape index (κ2) is 4.39. The SMILES string of the molecule is CC(C)C(O)C(N)Cc1cnc[nH]1. The third-order valence-corrected chi connectivity index (χ3v) is 2.13. The first kappa shape index (κ1) is 10.2. The van der Waals surface area contributed by atoms with E-state index in [4.69, 9.17) is 5.73 Å². The molecule has 0 aliphatic rings. The number of aromatic amines is 1. The number of hydrogen-bond acceptors (Lipinski definition) is 3. The number of H-pyrrole nitrogens is 1. The minimum Gasteiger partial charge on any atom is -0.391 e. The molecule has 2 atom stereocenters. The van der Waals surface area contributed by atoms with E-state index in [2.05, 4.69) is 9.97 Å². The van der Waals surface area contributed by atoms with Crippen LogP contribution in [-0.2, 0) is 6.42 Å². The Balaban J connectivity index is 2.45. The maximum Gasteiger partial charge on any atom is 0.0921 e.